The summed E-state index contributed by atoms with van der Waals surface area (Å²) in [4.78, 5) is 12.3. The molecule has 5 nitrogen and oxygen atoms in total. The summed E-state index contributed by atoms with van der Waals surface area (Å²) in [6.45, 7) is 4.25. The molecule has 1 aliphatic heterocycles. The maximum absolute atomic E-state index is 4.97. The van der Waals surface area contributed by atoms with E-state index in [-0.39, 0.29) is 0 Å². The number of rotatable bonds is 3. The van der Waals surface area contributed by atoms with Gasteiger partial charge in [-0.15, -0.1) is 0 Å². The van der Waals surface area contributed by atoms with Crippen LogP contribution in [-0.2, 0) is 0 Å². The van der Waals surface area contributed by atoms with E-state index < -0.39 is 0 Å². The van der Waals surface area contributed by atoms with Crippen LogP contribution >= 0.6 is 0 Å². The van der Waals surface area contributed by atoms with Gasteiger partial charge in [0.25, 0.3) is 0 Å². The average molecular weight is 319 g/mol. The van der Waals surface area contributed by atoms with Gasteiger partial charge in [0, 0.05) is 19.0 Å². The fraction of sp³-hybridized carbons (Fsp3) is 0.421. The third kappa shape index (κ3) is 2.19. The first-order chi connectivity index (χ1) is 11.8. The molecule has 24 heavy (non-hydrogen) atoms. The van der Waals surface area contributed by atoms with Crippen molar-refractivity contribution in [2.75, 3.05) is 18.0 Å². The van der Waals surface area contributed by atoms with Gasteiger partial charge in [0.1, 0.15) is 11.6 Å². The summed E-state index contributed by atoms with van der Waals surface area (Å²) in [5, 5.41) is 5.92. The molecule has 1 aliphatic carbocycles. The first-order valence-electron chi connectivity index (χ1n) is 8.89. The predicted molar refractivity (Wildman–Crippen MR) is 94.8 cm³/mol. The number of aromatic nitrogens is 4. The minimum Gasteiger partial charge on any atom is -0.356 e. The third-order valence-electron chi connectivity index (χ3n) is 5.05. The quantitative estimate of drug-likeness (QED) is 0.740. The molecule has 3 heterocycles. The second-order valence-electron chi connectivity index (χ2n) is 6.91. The van der Waals surface area contributed by atoms with Crippen molar-refractivity contribution in [2.45, 2.75) is 38.5 Å². The lowest BCUT2D eigenvalue weighted by molar-refractivity contribution is 0.854. The molecule has 0 radical (unpaired) electrons. The van der Waals surface area contributed by atoms with E-state index in [2.05, 4.69) is 24.0 Å². The summed E-state index contributed by atoms with van der Waals surface area (Å²) in [6.07, 6.45) is 4.92. The van der Waals surface area contributed by atoms with E-state index in [1.54, 1.807) is 0 Å². The van der Waals surface area contributed by atoms with E-state index in [1.807, 2.05) is 22.9 Å². The van der Waals surface area contributed by atoms with Crippen LogP contribution in [0.15, 0.2) is 30.3 Å². The summed E-state index contributed by atoms with van der Waals surface area (Å²) in [6, 6.07) is 10.3. The van der Waals surface area contributed by atoms with Crippen LogP contribution in [0.25, 0.3) is 16.7 Å². The highest BCUT2D eigenvalue weighted by atomic mass is 15.3. The van der Waals surface area contributed by atoms with E-state index in [0.29, 0.717) is 5.92 Å². The Morgan fingerprint density at radius 1 is 1.00 bits per heavy atom. The Bertz CT molecular complexity index is 889. The molecule has 0 unspecified atom stereocenters. The number of hydrogen-bond donors (Lipinski definition) is 0. The highest BCUT2D eigenvalue weighted by Crippen LogP contribution is 2.41. The molecule has 2 aromatic heterocycles. The molecule has 0 amide bonds. The average Bonchev–Trinajstić information content (AvgIpc) is 3.22. The van der Waals surface area contributed by atoms with Crippen LogP contribution in [0.4, 0.5) is 5.82 Å². The highest BCUT2D eigenvalue weighted by Gasteiger charge is 2.30. The molecular formula is C19H21N5. The maximum Gasteiger partial charge on any atom is 0.169 e. The molecule has 0 bridgehead atoms. The largest absolute Gasteiger partial charge is 0.356 e. The van der Waals surface area contributed by atoms with E-state index in [1.165, 1.54) is 25.7 Å². The van der Waals surface area contributed by atoms with Crippen molar-refractivity contribution in [2.24, 2.45) is 0 Å². The van der Waals surface area contributed by atoms with Crippen molar-refractivity contribution in [1.29, 1.82) is 0 Å². The van der Waals surface area contributed by atoms with Crippen LogP contribution in [0.1, 0.15) is 43.1 Å². The van der Waals surface area contributed by atoms with Crippen LogP contribution in [0.3, 0.4) is 0 Å². The number of benzene rings is 1. The zero-order valence-corrected chi connectivity index (χ0v) is 13.9. The second kappa shape index (κ2) is 5.30. The van der Waals surface area contributed by atoms with Gasteiger partial charge in [-0.25, -0.2) is 14.6 Å². The van der Waals surface area contributed by atoms with Gasteiger partial charge in [0.05, 0.1) is 16.8 Å². The first kappa shape index (κ1) is 14.0. The molecule has 2 aliphatic rings. The van der Waals surface area contributed by atoms with Crippen molar-refractivity contribution < 1.29 is 0 Å². The first-order valence-corrected chi connectivity index (χ1v) is 8.89. The summed E-state index contributed by atoms with van der Waals surface area (Å²) >= 11 is 0. The topological polar surface area (TPSA) is 46.8 Å². The second-order valence-corrected chi connectivity index (χ2v) is 6.91. The molecule has 1 saturated carbocycles. The number of para-hydroxylation sites is 1. The van der Waals surface area contributed by atoms with E-state index in [0.717, 1.165) is 47.1 Å². The summed E-state index contributed by atoms with van der Waals surface area (Å²) < 4.78 is 1.98. The van der Waals surface area contributed by atoms with Crippen LogP contribution in [-0.4, -0.2) is 32.8 Å². The summed E-state index contributed by atoms with van der Waals surface area (Å²) in [5.74, 6) is 2.63. The van der Waals surface area contributed by atoms with Gasteiger partial charge in [0.15, 0.2) is 5.65 Å². The highest BCUT2D eigenvalue weighted by molar-refractivity contribution is 5.91. The number of nitrogens with zero attached hydrogens (tertiary/aromatic N) is 5. The number of hydrogen-bond acceptors (Lipinski definition) is 4. The van der Waals surface area contributed by atoms with Gasteiger partial charge in [-0.05, 0) is 44.7 Å². The minimum atomic E-state index is 0.537. The summed E-state index contributed by atoms with van der Waals surface area (Å²) in [5.41, 5.74) is 3.03. The molecule has 3 aromatic rings. The normalized spacial score (nSPS) is 17.8. The van der Waals surface area contributed by atoms with Crippen molar-refractivity contribution in [1.82, 2.24) is 19.7 Å². The lowest BCUT2D eigenvalue weighted by Gasteiger charge is -2.18. The smallest absolute Gasteiger partial charge is 0.169 e. The van der Waals surface area contributed by atoms with Crippen LogP contribution < -0.4 is 4.90 Å². The molecule has 1 saturated heterocycles. The molecule has 5 rings (SSSR count). The molecular weight excluding hydrogens is 298 g/mol. The molecule has 2 fully saturated rings. The Labute approximate surface area is 141 Å². The molecule has 0 spiro atoms. The van der Waals surface area contributed by atoms with E-state index in [4.69, 9.17) is 15.1 Å². The van der Waals surface area contributed by atoms with Crippen LogP contribution in [0.2, 0.25) is 0 Å². The van der Waals surface area contributed by atoms with Gasteiger partial charge in [0.2, 0.25) is 0 Å². The van der Waals surface area contributed by atoms with Crippen LogP contribution in [0, 0.1) is 6.92 Å². The zero-order chi connectivity index (χ0) is 16.1. The standard InChI is InChI=1S/C19H21N5/c1-13-16-18(23-11-5-6-12-23)20-17(14-9-10-14)21-19(16)24(22-13)15-7-3-2-4-8-15/h2-4,7-8,14H,5-6,9-12H2,1H3. The van der Waals surface area contributed by atoms with Crippen molar-refractivity contribution in [3.63, 3.8) is 0 Å². The van der Waals surface area contributed by atoms with Crippen LogP contribution in [0.5, 0.6) is 0 Å². The Hall–Kier alpha value is -2.43. The monoisotopic (exact) mass is 319 g/mol. The Kier molecular flexibility index (Phi) is 3.08. The van der Waals surface area contributed by atoms with E-state index >= 15 is 0 Å². The van der Waals surface area contributed by atoms with Gasteiger partial charge >= 0.3 is 0 Å². The summed E-state index contributed by atoms with van der Waals surface area (Å²) in [7, 11) is 0. The SMILES string of the molecule is Cc1nn(-c2ccccc2)c2nc(C3CC3)nc(N3CCCC3)c12. The Morgan fingerprint density at radius 3 is 2.46 bits per heavy atom. The Morgan fingerprint density at radius 2 is 1.75 bits per heavy atom. The lowest BCUT2D eigenvalue weighted by Crippen LogP contribution is -2.20. The third-order valence-corrected chi connectivity index (χ3v) is 5.05. The number of anilines is 1. The number of aryl methyl sites for hydroxylation is 1. The Balaban J connectivity index is 1.77. The molecule has 0 N–H and O–H groups in total. The van der Waals surface area contributed by atoms with Crippen molar-refractivity contribution in [3.05, 3.63) is 41.9 Å². The molecule has 122 valence electrons. The lowest BCUT2D eigenvalue weighted by atomic mass is 10.2. The van der Waals surface area contributed by atoms with Gasteiger partial charge in [-0.3, -0.25) is 0 Å². The fourth-order valence-electron chi connectivity index (χ4n) is 3.61. The fourth-order valence-corrected chi connectivity index (χ4v) is 3.61. The van der Waals surface area contributed by atoms with Crippen molar-refractivity contribution >= 4 is 16.9 Å². The predicted octanol–water partition coefficient (Wildman–Crippen LogP) is 3.60. The van der Waals surface area contributed by atoms with E-state index in [9.17, 15) is 0 Å². The van der Waals surface area contributed by atoms with Crippen molar-refractivity contribution in [3.8, 4) is 5.69 Å². The molecule has 5 heteroatoms. The minimum absolute atomic E-state index is 0.537. The van der Waals surface area contributed by atoms with Gasteiger partial charge in [-0.1, -0.05) is 18.2 Å². The zero-order valence-electron chi connectivity index (χ0n) is 13.9. The molecule has 0 atom stereocenters. The number of fused-ring (bicyclic) bond motifs is 1. The van der Waals surface area contributed by atoms with Gasteiger partial charge < -0.3 is 4.90 Å². The molecule has 1 aromatic carbocycles. The maximum atomic E-state index is 4.97. The van der Waals surface area contributed by atoms with Gasteiger partial charge in [-0.2, -0.15) is 5.10 Å².